The zero-order valence-electron chi connectivity index (χ0n) is 20.2. The average molecular weight is 538 g/mol. The van der Waals surface area contributed by atoms with Crippen LogP contribution in [0.25, 0.3) is 5.69 Å². The molecule has 2 atom stereocenters. The third-order valence-corrected chi connectivity index (χ3v) is 7.54. The zero-order chi connectivity index (χ0) is 25.4. The van der Waals surface area contributed by atoms with Crippen molar-refractivity contribution in [2.75, 3.05) is 7.11 Å². The number of nitrogens with zero attached hydrogens (tertiary/aromatic N) is 3. The van der Waals surface area contributed by atoms with Gasteiger partial charge >= 0.3 is 0 Å². The standard InChI is InChI=1S/C28H26Cl2N4OS/c1-17-14-22(18(2)34(17)25-12-9-20(29)15-23(25)30)27-26(24-6-4-5-13-31-24)32-28(36)33(27)16-19-7-10-21(35-3)11-8-19/h4-15,26-27H,16H2,1-3H3,(H,32,36)/t26-,27-/m0/s1. The second kappa shape index (κ2) is 10.1. The number of hydrogen-bond acceptors (Lipinski definition) is 3. The molecule has 4 aromatic rings. The minimum atomic E-state index is -0.105. The first-order valence-corrected chi connectivity index (χ1v) is 12.8. The molecule has 2 aromatic carbocycles. The smallest absolute Gasteiger partial charge is 0.170 e. The maximum Gasteiger partial charge on any atom is 0.170 e. The van der Waals surface area contributed by atoms with Gasteiger partial charge in [-0.1, -0.05) is 41.4 Å². The van der Waals surface area contributed by atoms with E-state index in [9.17, 15) is 0 Å². The average Bonchev–Trinajstić information content (AvgIpc) is 3.35. The second-order valence-electron chi connectivity index (χ2n) is 8.86. The number of halogens is 2. The molecule has 2 aromatic heterocycles. The summed E-state index contributed by atoms with van der Waals surface area (Å²) < 4.78 is 7.51. The lowest BCUT2D eigenvalue weighted by atomic mass is 9.96. The van der Waals surface area contributed by atoms with Gasteiger partial charge in [-0.25, -0.2) is 0 Å². The van der Waals surface area contributed by atoms with Crippen LogP contribution in [0.5, 0.6) is 5.75 Å². The summed E-state index contributed by atoms with van der Waals surface area (Å²) in [5, 5.41) is 5.45. The number of aryl methyl sites for hydroxylation is 1. The summed E-state index contributed by atoms with van der Waals surface area (Å²) in [4.78, 5) is 6.91. The van der Waals surface area contributed by atoms with Crippen molar-refractivity contribution in [3.63, 3.8) is 0 Å². The topological polar surface area (TPSA) is 42.3 Å². The maximum absolute atomic E-state index is 6.62. The molecule has 5 nitrogen and oxygen atoms in total. The molecule has 1 fully saturated rings. The molecule has 0 aliphatic carbocycles. The van der Waals surface area contributed by atoms with Gasteiger partial charge in [0.25, 0.3) is 0 Å². The third kappa shape index (κ3) is 4.57. The number of methoxy groups -OCH3 is 1. The lowest BCUT2D eigenvalue weighted by Gasteiger charge is -2.28. The third-order valence-electron chi connectivity index (χ3n) is 6.65. The Bertz CT molecular complexity index is 1410. The number of nitrogens with one attached hydrogen (secondary N) is 1. The molecular weight excluding hydrogens is 511 g/mol. The Morgan fingerprint density at radius 1 is 1.03 bits per heavy atom. The molecule has 184 valence electrons. The molecule has 8 heteroatoms. The molecule has 0 unspecified atom stereocenters. The highest BCUT2D eigenvalue weighted by Crippen LogP contribution is 2.42. The zero-order valence-corrected chi connectivity index (χ0v) is 22.5. The lowest BCUT2D eigenvalue weighted by molar-refractivity contribution is 0.310. The van der Waals surface area contributed by atoms with Crippen molar-refractivity contribution in [2.45, 2.75) is 32.5 Å². The van der Waals surface area contributed by atoms with Crippen molar-refractivity contribution in [2.24, 2.45) is 0 Å². The Balaban J connectivity index is 1.61. The molecule has 0 bridgehead atoms. The predicted octanol–water partition coefficient (Wildman–Crippen LogP) is 6.98. The van der Waals surface area contributed by atoms with Crippen LogP contribution >= 0.6 is 35.4 Å². The van der Waals surface area contributed by atoms with E-state index in [1.54, 1.807) is 13.2 Å². The highest BCUT2D eigenvalue weighted by atomic mass is 35.5. The Morgan fingerprint density at radius 3 is 2.47 bits per heavy atom. The van der Waals surface area contributed by atoms with Gasteiger partial charge in [-0.05, 0) is 85.7 Å². The normalized spacial score (nSPS) is 17.4. The summed E-state index contributed by atoms with van der Waals surface area (Å²) >= 11 is 18.7. The van der Waals surface area contributed by atoms with Crippen LogP contribution in [0, 0.1) is 13.8 Å². The first-order valence-electron chi connectivity index (χ1n) is 11.6. The second-order valence-corrected chi connectivity index (χ2v) is 10.1. The van der Waals surface area contributed by atoms with E-state index in [1.807, 2.05) is 48.7 Å². The molecule has 0 saturated carbocycles. The highest BCUT2D eigenvalue weighted by molar-refractivity contribution is 7.80. The van der Waals surface area contributed by atoms with Crippen LogP contribution in [-0.2, 0) is 6.54 Å². The van der Waals surface area contributed by atoms with Crippen molar-refractivity contribution in [1.82, 2.24) is 19.8 Å². The summed E-state index contributed by atoms with van der Waals surface area (Å²) in [6, 6.07) is 21.7. The number of pyridine rings is 1. The number of aromatic nitrogens is 2. The van der Waals surface area contributed by atoms with E-state index >= 15 is 0 Å². The van der Waals surface area contributed by atoms with Gasteiger partial charge < -0.3 is 19.5 Å². The van der Waals surface area contributed by atoms with Crippen LogP contribution in [0.15, 0.2) is 72.9 Å². The summed E-state index contributed by atoms with van der Waals surface area (Å²) in [6.07, 6.45) is 1.82. The molecule has 1 N–H and O–H groups in total. The number of ether oxygens (including phenoxy) is 1. The number of rotatable bonds is 6. The predicted molar refractivity (Wildman–Crippen MR) is 149 cm³/mol. The monoisotopic (exact) mass is 536 g/mol. The van der Waals surface area contributed by atoms with E-state index in [-0.39, 0.29) is 12.1 Å². The summed E-state index contributed by atoms with van der Waals surface area (Å²) in [6.45, 7) is 4.86. The lowest BCUT2D eigenvalue weighted by Crippen LogP contribution is -2.29. The summed E-state index contributed by atoms with van der Waals surface area (Å²) in [5.41, 5.74) is 6.31. The molecule has 1 aliphatic rings. The highest BCUT2D eigenvalue weighted by Gasteiger charge is 2.41. The van der Waals surface area contributed by atoms with Crippen LogP contribution in [0.2, 0.25) is 10.0 Å². The first kappa shape index (κ1) is 24.6. The van der Waals surface area contributed by atoms with Gasteiger partial charge in [0.15, 0.2) is 5.11 Å². The molecule has 0 amide bonds. The number of benzene rings is 2. The maximum atomic E-state index is 6.62. The SMILES string of the molecule is COc1ccc(CN2C(=S)N[C@@H](c3ccccn3)[C@@H]2c2cc(C)n(-c3ccc(Cl)cc3Cl)c2C)cc1. The summed E-state index contributed by atoms with van der Waals surface area (Å²) in [7, 11) is 1.67. The van der Waals surface area contributed by atoms with Crippen molar-refractivity contribution in [3.8, 4) is 11.4 Å². The van der Waals surface area contributed by atoms with Gasteiger partial charge in [-0.15, -0.1) is 0 Å². The number of thiocarbonyl (C=S) groups is 1. The van der Waals surface area contributed by atoms with Crippen molar-refractivity contribution in [1.29, 1.82) is 0 Å². The van der Waals surface area contributed by atoms with E-state index in [0.29, 0.717) is 21.7 Å². The van der Waals surface area contributed by atoms with Crippen LogP contribution < -0.4 is 10.1 Å². The number of hydrogen-bond donors (Lipinski definition) is 1. The molecular formula is C28H26Cl2N4OS. The minimum absolute atomic E-state index is 0.0690. The van der Waals surface area contributed by atoms with Gasteiger partial charge in [0, 0.05) is 29.2 Å². The van der Waals surface area contributed by atoms with E-state index < -0.39 is 0 Å². The van der Waals surface area contributed by atoms with Crippen molar-refractivity contribution < 1.29 is 4.74 Å². The van der Waals surface area contributed by atoms with Gasteiger partial charge in [0.05, 0.1) is 35.6 Å². The minimum Gasteiger partial charge on any atom is -0.497 e. The van der Waals surface area contributed by atoms with Gasteiger partial charge in [-0.3, -0.25) is 4.98 Å². The molecule has 36 heavy (non-hydrogen) atoms. The van der Waals surface area contributed by atoms with Crippen molar-refractivity contribution >= 4 is 40.5 Å². The van der Waals surface area contributed by atoms with Crippen LogP contribution in [0.4, 0.5) is 0 Å². The molecule has 3 heterocycles. The molecule has 1 saturated heterocycles. The molecule has 1 aliphatic heterocycles. The Kier molecular flexibility index (Phi) is 6.93. The van der Waals surface area contributed by atoms with Crippen LogP contribution in [0.3, 0.4) is 0 Å². The van der Waals surface area contributed by atoms with E-state index in [4.69, 9.17) is 40.2 Å². The Labute approximate surface area is 226 Å². The Hall–Kier alpha value is -3.06. The van der Waals surface area contributed by atoms with Gasteiger partial charge in [0.2, 0.25) is 0 Å². The quantitative estimate of drug-likeness (QED) is 0.269. The van der Waals surface area contributed by atoms with Crippen molar-refractivity contribution in [3.05, 3.63) is 111 Å². The van der Waals surface area contributed by atoms with Crippen LogP contribution in [-0.4, -0.2) is 26.7 Å². The fourth-order valence-electron chi connectivity index (χ4n) is 4.96. The van der Waals surface area contributed by atoms with Gasteiger partial charge in [0.1, 0.15) is 5.75 Å². The molecule has 0 spiro atoms. The fraction of sp³-hybridized carbons (Fsp3) is 0.214. The molecule has 0 radical (unpaired) electrons. The summed E-state index contributed by atoms with van der Waals surface area (Å²) in [5.74, 6) is 0.826. The van der Waals surface area contributed by atoms with E-state index in [0.717, 1.165) is 39.6 Å². The fourth-order valence-corrected chi connectivity index (χ4v) is 5.76. The molecule has 5 rings (SSSR count). The van der Waals surface area contributed by atoms with E-state index in [2.05, 4.69) is 51.8 Å². The largest absolute Gasteiger partial charge is 0.497 e. The first-order chi connectivity index (χ1) is 17.4. The Morgan fingerprint density at radius 2 is 1.81 bits per heavy atom. The van der Waals surface area contributed by atoms with E-state index in [1.165, 1.54) is 0 Å². The van der Waals surface area contributed by atoms with Crippen LogP contribution in [0.1, 0.15) is 40.3 Å². The van der Waals surface area contributed by atoms with Gasteiger partial charge in [-0.2, -0.15) is 0 Å².